The van der Waals surface area contributed by atoms with Crippen LogP contribution in [-0.2, 0) is 22.8 Å². The highest BCUT2D eigenvalue weighted by Gasteiger charge is 2.28. The van der Waals surface area contributed by atoms with Crippen molar-refractivity contribution < 1.29 is 13.2 Å². The Hall–Kier alpha value is -2.59. The molecule has 0 bridgehead atoms. The number of likely N-dealkylation sites (N-methyl/N-ethyl adjacent to an activating group) is 1. The van der Waals surface area contributed by atoms with Gasteiger partial charge in [-0.2, -0.15) is 0 Å². The molecule has 0 aliphatic carbocycles. The summed E-state index contributed by atoms with van der Waals surface area (Å²) >= 11 is 3.18. The van der Waals surface area contributed by atoms with Gasteiger partial charge in [-0.3, -0.25) is 9.69 Å². The fourth-order valence-electron chi connectivity index (χ4n) is 4.17. The third-order valence-electron chi connectivity index (χ3n) is 5.85. The van der Waals surface area contributed by atoms with Gasteiger partial charge in [-0.1, -0.05) is 31.2 Å². The van der Waals surface area contributed by atoms with Gasteiger partial charge in [-0.05, 0) is 42.8 Å². The van der Waals surface area contributed by atoms with Crippen LogP contribution in [-0.4, -0.2) is 43.6 Å². The third-order valence-corrected chi connectivity index (χ3v) is 9.19. The predicted molar refractivity (Wildman–Crippen MR) is 135 cm³/mol. The fourth-order valence-corrected chi connectivity index (χ4v) is 7.45. The summed E-state index contributed by atoms with van der Waals surface area (Å²) in [5.41, 5.74) is 3.28. The van der Waals surface area contributed by atoms with Crippen molar-refractivity contribution in [2.45, 2.75) is 24.8 Å². The van der Waals surface area contributed by atoms with Crippen molar-refractivity contribution in [3.63, 3.8) is 0 Å². The Morgan fingerprint density at radius 1 is 1.12 bits per heavy atom. The largest absolute Gasteiger partial charge is 0.313 e. The summed E-state index contributed by atoms with van der Waals surface area (Å²) in [7, 11) is -3.54. The maximum absolute atomic E-state index is 13.3. The minimum absolute atomic E-state index is 0.0301. The quantitative estimate of drug-likeness (QED) is 0.417. The van der Waals surface area contributed by atoms with Crippen LogP contribution in [0.25, 0.3) is 20.8 Å². The number of hydrogen-bond acceptors (Lipinski definition) is 7. The number of nitrogens with one attached hydrogen (secondary N) is 1. The fraction of sp³-hybridized carbons (Fsp3) is 0.250. The summed E-state index contributed by atoms with van der Waals surface area (Å²) in [5, 5.41) is 4.64. The molecule has 1 N–H and O–H groups in total. The number of fused-ring (bicyclic) bond motifs is 2. The first-order valence-electron chi connectivity index (χ1n) is 10.7. The van der Waals surface area contributed by atoms with Gasteiger partial charge >= 0.3 is 0 Å². The molecular weight excluding hydrogens is 474 g/mol. The average molecular weight is 498 g/mol. The molecule has 0 radical (unpaired) electrons. The molecule has 2 aromatic heterocycles. The van der Waals surface area contributed by atoms with Crippen molar-refractivity contribution in [3.05, 3.63) is 64.5 Å². The number of benzene rings is 2. The van der Waals surface area contributed by atoms with Crippen molar-refractivity contribution >= 4 is 53.6 Å². The van der Waals surface area contributed by atoms with E-state index in [1.807, 2.05) is 18.2 Å². The lowest BCUT2D eigenvalue weighted by atomic mass is 10.0. The van der Waals surface area contributed by atoms with Gasteiger partial charge < -0.3 is 5.32 Å². The van der Waals surface area contributed by atoms with Gasteiger partial charge in [0.2, 0.25) is 0 Å². The van der Waals surface area contributed by atoms with Crippen molar-refractivity contribution in [2.75, 3.05) is 24.7 Å². The monoisotopic (exact) mass is 497 g/mol. The molecule has 1 aliphatic heterocycles. The second kappa shape index (κ2) is 8.64. The van der Waals surface area contributed by atoms with E-state index in [-0.39, 0.29) is 10.5 Å². The molecule has 0 spiro atoms. The molecule has 0 saturated carbocycles. The zero-order chi connectivity index (χ0) is 23.2. The lowest BCUT2D eigenvalue weighted by Crippen LogP contribution is -2.29. The molecule has 170 valence electrons. The number of sulfone groups is 1. The Kier molecular flexibility index (Phi) is 5.82. The van der Waals surface area contributed by atoms with Crippen molar-refractivity contribution in [2.24, 2.45) is 0 Å². The van der Waals surface area contributed by atoms with Crippen LogP contribution in [0, 0.1) is 0 Å². The Balaban J connectivity index is 1.61. The lowest BCUT2D eigenvalue weighted by Gasteiger charge is -2.25. The van der Waals surface area contributed by atoms with Gasteiger partial charge in [0.15, 0.2) is 9.84 Å². The lowest BCUT2D eigenvalue weighted by molar-refractivity contribution is 0.102. The van der Waals surface area contributed by atoms with E-state index < -0.39 is 15.7 Å². The SMILES string of the molecule is CCN1CCc2c(sc(NC(=O)c3ccccc3S(C)(=O)=O)c2-c2nc3ccccc3s2)C1. The first-order valence-corrected chi connectivity index (χ1v) is 14.2. The van der Waals surface area contributed by atoms with Gasteiger partial charge in [0.25, 0.3) is 5.91 Å². The van der Waals surface area contributed by atoms with Gasteiger partial charge in [-0.25, -0.2) is 13.4 Å². The maximum atomic E-state index is 13.3. The summed E-state index contributed by atoms with van der Waals surface area (Å²) in [5.74, 6) is -0.427. The van der Waals surface area contributed by atoms with E-state index in [2.05, 4.69) is 23.2 Å². The molecule has 0 saturated heterocycles. The van der Waals surface area contributed by atoms with Crippen molar-refractivity contribution in [3.8, 4) is 10.6 Å². The summed E-state index contributed by atoms with van der Waals surface area (Å²) in [6, 6.07) is 14.3. The maximum Gasteiger partial charge on any atom is 0.257 e. The number of nitrogens with zero attached hydrogens (tertiary/aromatic N) is 2. The Bertz CT molecular complexity index is 1440. The molecule has 1 amide bonds. The topological polar surface area (TPSA) is 79.4 Å². The van der Waals surface area contributed by atoms with E-state index in [1.165, 1.54) is 16.5 Å². The number of para-hydroxylation sites is 1. The molecule has 6 nitrogen and oxygen atoms in total. The van der Waals surface area contributed by atoms with Crippen molar-refractivity contribution in [1.82, 2.24) is 9.88 Å². The van der Waals surface area contributed by atoms with E-state index in [9.17, 15) is 13.2 Å². The minimum Gasteiger partial charge on any atom is -0.313 e. The van der Waals surface area contributed by atoms with Crippen molar-refractivity contribution in [1.29, 1.82) is 0 Å². The predicted octanol–water partition coefficient (Wildman–Crippen LogP) is 5.06. The first kappa shape index (κ1) is 22.2. The van der Waals surface area contributed by atoms with Crippen LogP contribution in [0.2, 0.25) is 0 Å². The third kappa shape index (κ3) is 4.21. The minimum atomic E-state index is -3.54. The Morgan fingerprint density at radius 3 is 2.64 bits per heavy atom. The number of hydrogen-bond donors (Lipinski definition) is 1. The zero-order valence-corrected chi connectivity index (χ0v) is 20.7. The van der Waals surface area contributed by atoms with Crippen LogP contribution in [0.1, 0.15) is 27.7 Å². The number of thiazole rings is 1. The molecule has 9 heteroatoms. The highest BCUT2D eigenvalue weighted by atomic mass is 32.2. The number of carbonyl (C=O) groups is 1. The van der Waals surface area contributed by atoms with Crippen LogP contribution in [0.5, 0.6) is 0 Å². The molecule has 1 aliphatic rings. The molecule has 33 heavy (non-hydrogen) atoms. The average Bonchev–Trinajstić information content (AvgIpc) is 3.38. The summed E-state index contributed by atoms with van der Waals surface area (Å²) in [6.45, 7) is 4.92. The highest BCUT2D eigenvalue weighted by molar-refractivity contribution is 7.90. The van der Waals surface area contributed by atoms with E-state index in [0.29, 0.717) is 0 Å². The number of thiophene rings is 1. The summed E-state index contributed by atoms with van der Waals surface area (Å²) in [6.07, 6.45) is 2.01. The van der Waals surface area contributed by atoms with E-state index in [0.717, 1.165) is 58.1 Å². The smallest absolute Gasteiger partial charge is 0.257 e. The molecule has 0 unspecified atom stereocenters. The molecule has 4 aromatic rings. The zero-order valence-electron chi connectivity index (χ0n) is 18.3. The summed E-state index contributed by atoms with van der Waals surface area (Å²) < 4.78 is 25.6. The molecule has 2 aromatic carbocycles. The molecule has 3 heterocycles. The molecule has 5 rings (SSSR count). The van der Waals surface area contributed by atoms with Crippen LogP contribution in [0.15, 0.2) is 53.4 Å². The van der Waals surface area contributed by atoms with Gasteiger partial charge in [0, 0.05) is 29.8 Å². The molecule has 0 atom stereocenters. The normalized spacial score (nSPS) is 14.4. The standard InChI is InChI=1S/C24H23N3O3S3/c1-3-27-13-12-15-19(14-27)32-24(21(15)23-25-17-9-5-6-10-18(17)31-23)26-22(28)16-8-4-7-11-20(16)33(2,29)30/h4-11H,3,12-14H2,1-2H3,(H,26,28). The molecular formula is C24H23N3O3S3. The Morgan fingerprint density at radius 2 is 1.88 bits per heavy atom. The van der Waals surface area contributed by atoms with E-state index >= 15 is 0 Å². The van der Waals surface area contributed by atoms with Crippen LogP contribution < -0.4 is 5.32 Å². The van der Waals surface area contributed by atoms with Gasteiger partial charge in [-0.15, -0.1) is 22.7 Å². The Labute approximate surface area is 200 Å². The van der Waals surface area contributed by atoms with E-state index in [1.54, 1.807) is 40.9 Å². The highest BCUT2D eigenvalue weighted by Crippen LogP contribution is 2.45. The summed E-state index contributed by atoms with van der Waals surface area (Å²) in [4.78, 5) is 21.8. The number of aromatic nitrogens is 1. The number of amides is 1. The van der Waals surface area contributed by atoms with Gasteiger partial charge in [0.1, 0.15) is 10.0 Å². The number of carbonyl (C=O) groups excluding carboxylic acids is 1. The van der Waals surface area contributed by atoms with Crippen LogP contribution >= 0.6 is 22.7 Å². The van der Waals surface area contributed by atoms with Crippen LogP contribution in [0.4, 0.5) is 5.00 Å². The number of rotatable bonds is 5. The molecule has 0 fully saturated rings. The first-order chi connectivity index (χ1) is 15.8. The van der Waals surface area contributed by atoms with E-state index in [4.69, 9.17) is 4.98 Å². The van der Waals surface area contributed by atoms with Crippen LogP contribution in [0.3, 0.4) is 0 Å². The van der Waals surface area contributed by atoms with Gasteiger partial charge in [0.05, 0.1) is 20.7 Å². The second-order valence-electron chi connectivity index (χ2n) is 8.04. The number of anilines is 1. The second-order valence-corrected chi connectivity index (χ2v) is 12.2.